The number of phenols is 1. The van der Waals surface area contributed by atoms with Crippen molar-refractivity contribution in [1.29, 1.82) is 0 Å². The molecule has 0 aliphatic heterocycles. The fourth-order valence-electron chi connectivity index (χ4n) is 1.13. The maximum Gasteiger partial charge on any atom is 0.304 e. The normalized spacial score (nSPS) is 12.2. The first-order valence-corrected chi connectivity index (χ1v) is 6.08. The van der Waals surface area contributed by atoms with E-state index in [0.717, 1.165) is 0 Å². The molecule has 7 heteroatoms. The van der Waals surface area contributed by atoms with Crippen molar-refractivity contribution in [3.63, 3.8) is 0 Å². The minimum absolute atomic E-state index is 0.0594. The first-order chi connectivity index (χ1) is 7.82. The number of Topliss-reactive ketones (excluding diaryl/α,β-unsaturated/α-hetero) is 1. The second kappa shape index (κ2) is 5.71. The van der Waals surface area contributed by atoms with Gasteiger partial charge in [0.25, 0.3) is 0 Å². The number of hydrogen-bond donors (Lipinski definition) is 2. The van der Waals surface area contributed by atoms with Crippen LogP contribution in [0.25, 0.3) is 0 Å². The average molecular weight is 342 g/mol. The smallest absolute Gasteiger partial charge is 0.304 e. The Bertz CT molecular complexity index is 452. The molecule has 0 saturated heterocycles. The highest BCUT2D eigenvalue weighted by molar-refractivity contribution is 9.10. The number of carbonyl (C=O) groups excluding carboxylic acids is 1. The van der Waals surface area contributed by atoms with Gasteiger partial charge in [-0.05, 0) is 12.1 Å². The molecule has 1 unspecified atom stereocenters. The zero-order valence-electron chi connectivity index (χ0n) is 8.28. The number of phenolic OH excluding ortho intramolecular Hbond substituents is 1. The summed E-state index contributed by atoms with van der Waals surface area (Å²) in [5, 5.41) is 17.8. The topological polar surface area (TPSA) is 74.6 Å². The van der Waals surface area contributed by atoms with E-state index in [1.54, 1.807) is 0 Å². The van der Waals surface area contributed by atoms with Gasteiger partial charge >= 0.3 is 5.97 Å². The van der Waals surface area contributed by atoms with E-state index in [4.69, 9.17) is 28.3 Å². The van der Waals surface area contributed by atoms with Crippen LogP contribution in [-0.4, -0.2) is 26.8 Å². The van der Waals surface area contributed by atoms with Crippen LogP contribution < -0.4 is 0 Å². The molecule has 0 bridgehead atoms. The second-order valence-corrected chi connectivity index (χ2v) is 5.14. The maximum absolute atomic E-state index is 11.8. The lowest BCUT2D eigenvalue weighted by Gasteiger charge is -2.08. The molecule has 0 amide bonds. The Labute approximate surface area is 115 Å². The molecule has 0 aromatic heterocycles. The van der Waals surface area contributed by atoms with Crippen LogP contribution in [0.15, 0.2) is 12.1 Å². The summed E-state index contributed by atoms with van der Waals surface area (Å²) in [5.74, 6) is -1.87. The predicted molar refractivity (Wildman–Crippen MR) is 67.4 cm³/mol. The van der Waals surface area contributed by atoms with E-state index >= 15 is 0 Å². The summed E-state index contributed by atoms with van der Waals surface area (Å²) in [5.41, 5.74) is 0.140. The van der Waals surface area contributed by atoms with Crippen LogP contribution in [0.5, 0.6) is 5.75 Å². The minimum Gasteiger partial charge on any atom is -0.505 e. The highest BCUT2D eigenvalue weighted by atomic mass is 79.9. The van der Waals surface area contributed by atoms with E-state index in [0.29, 0.717) is 0 Å². The van der Waals surface area contributed by atoms with Crippen LogP contribution in [0.4, 0.5) is 0 Å². The number of aliphatic carboxylic acids is 1. The number of aromatic hydroxyl groups is 1. The molecule has 1 rings (SSSR count). The van der Waals surface area contributed by atoms with Gasteiger partial charge in [0.15, 0.2) is 11.5 Å². The van der Waals surface area contributed by atoms with Gasteiger partial charge in [-0.15, -0.1) is 0 Å². The summed E-state index contributed by atoms with van der Waals surface area (Å²) in [7, 11) is 0. The minimum atomic E-state index is -1.10. The largest absolute Gasteiger partial charge is 0.505 e. The molecule has 1 atom stereocenters. The molecule has 0 spiro atoms. The molecule has 0 heterocycles. The van der Waals surface area contributed by atoms with E-state index in [-0.39, 0.29) is 27.8 Å². The van der Waals surface area contributed by atoms with E-state index in [2.05, 4.69) is 15.9 Å². The van der Waals surface area contributed by atoms with Gasteiger partial charge in [-0.1, -0.05) is 39.1 Å². The number of carboxylic acid groups (broad SMARTS) is 1. The number of ketones is 1. The van der Waals surface area contributed by atoms with Gasteiger partial charge in [0.05, 0.1) is 21.3 Å². The van der Waals surface area contributed by atoms with Crippen molar-refractivity contribution in [2.45, 2.75) is 11.2 Å². The van der Waals surface area contributed by atoms with Crippen molar-refractivity contribution >= 4 is 50.9 Å². The lowest BCUT2D eigenvalue weighted by atomic mass is 10.1. The SMILES string of the molecule is O=C(O)CC(Br)C(=O)c1cc(Cl)c(O)c(Cl)c1. The Morgan fingerprint density at radius 3 is 2.18 bits per heavy atom. The fourth-order valence-corrected chi connectivity index (χ4v) is 2.16. The van der Waals surface area contributed by atoms with Gasteiger partial charge in [0.2, 0.25) is 0 Å². The zero-order valence-corrected chi connectivity index (χ0v) is 11.4. The number of carboxylic acids is 1. The fraction of sp³-hybridized carbons (Fsp3) is 0.200. The molecule has 0 saturated carbocycles. The van der Waals surface area contributed by atoms with Crippen molar-refractivity contribution in [3.8, 4) is 5.75 Å². The van der Waals surface area contributed by atoms with Crippen molar-refractivity contribution in [3.05, 3.63) is 27.7 Å². The van der Waals surface area contributed by atoms with E-state index in [1.165, 1.54) is 12.1 Å². The quantitative estimate of drug-likeness (QED) is 0.651. The molecule has 17 heavy (non-hydrogen) atoms. The van der Waals surface area contributed by atoms with Crippen LogP contribution >= 0.6 is 39.1 Å². The summed E-state index contributed by atoms with van der Waals surface area (Å²) in [6.07, 6.45) is -0.352. The Kier molecular flexibility index (Phi) is 4.80. The van der Waals surface area contributed by atoms with Gasteiger partial charge in [0, 0.05) is 5.56 Å². The number of benzene rings is 1. The van der Waals surface area contributed by atoms with Gasteiger partial charge in [-0.3, -0.25) is 9.59 Å². The lowest BCUT2D eigenvalue weighted by molar-refractivity contribution is -0.136. The Balaban J connectivity index is 3.01. The van der Waals surface area contributed by atoms with Crippen molar-refractivity contribution in [2.75, 3.05) is 0 Å². The molecule has 92 valence electrons. The Morgan fingerprint density at radius 2 is 1.76 bits per heavy atom. The predicted octanol–water partition coefficient (Wildman–Crippen LogP) is 3.12. The summed E-state index contributed by atoms with van der Waals surface area (Å²) in [6.45, 7) is 0. The second-order valence-electron chi connectivity index (χ2n) is 3.22. The zero-order chi connectivity index (χ0) is 13.2. The molecule has 0 aliphatic rings. The third kappa shape index (κ3) is 3.59. The van der Waals surface area contributed by atoms with Crippen molar-refractivity contribution in [2.24, 2.45) is 0 Å². The van der Waals surface area contributed by atoms with Crippen molar-refractivity contribution in [1.82, 2.24) is 0 Å². The molecule has 0 fully saturated rings. The van der Waals surface area contributed by atoms with Crippen LogP contribution in [0.3, 0.4) is 0 Å². The maximum atomic E-state index is 11.8. The van der Waals surface area contributed by atoms with E-state index in [9.17, 15) is 14.7 Å². The summed E-state index contributed by atoms with van der Waals surface area (Å²) in [6, 6.07) is 2.47. The molecule has 4 nitrogen and oxygen atoms in total. The summed E-state index contributed by atoms with van der Waals surface area (Å²) >= 11 is 14.3. The third-order valence-corrected chi connectivity index (χ3v) is 3.26. The highest BCUT2D eigenvalue weighted by Crippen LogP contribution is 2.33. The first-order valence-electron chi connectivity index (χ1n) is 4.41. The molecular formula is C10H7BrCl2O4. The van der Waals surface area contributed by atoms with Gasteiger partial charge in [-0.2, -0.15) is 0 Å². The third-order valence-electron chi connectivity index (χ3n) is 1.94. The van der Waals surface area contributed by atoms with Crippen LogP contribution in [-0.2, 0) is 4.79 Å². The Morgan fingerprint density at radius 1 is 1.29 bits per heavy atom. The van der Waals surface area contributed by atoms with Gasteiger partial charge in [-0.25, -0.2) is 0 Å². The van der Waals surface area contributed by atoms with Crippen LogP contribution in [0.1, 0.15) is 16.8 Å². The number of rotatable bonds is 4. The molecule has 2 N–H and O–H groups in total. The average Bonchev–Trinajstić information content (AvgIpc) is 2.23. The first kappa shape index (κ1) is 14.3. The Hall–Kier alpha value is -0.780. The number of halogens is 3. The number of alkyl halides is 1. The van der Waals surface area contributed by atoms with Crippen LogP contribution in [0, 0.1) is 0 Å². The van der Waals surface area contributed by atoms with E-state index in [1.807, 2.05) is 0 Å². The highest BCUT2D eigenvalue weighted by Gasteiger charge is 2.21. The molecule has 0 radical (unpaired) electrons. The summed E-state index contributed by atoms with van der Waals surface area (Å²) in [4.78, 5) is 21.4. The number of hydrogen-bond acceptors (Lipinski definition) is 3. The summed E-state index contributed by atoms with van der Waals surface area (Å²) < 4.78 is 0. The van der Waals surface area contributed by atoms with Crippen molar-refractivity contribution < 1.29 is 19.8 Å². The number of carbonyl (C=O) groups is 2. The van der Waals surface area contributed by atoms with Gasteiger partial charge < -0.3 is 10.2 Å². The molecular weight excluding hydrogens is 335 g/mol. The van der Waals surface area contributed by atoms with Crippen LogP contribution in [0.2, 0.25) is 10.0 Å². The molecule has 0 aliphatic carbocycles. The van der Waals surface area contributed by atoms with E-state index < -0.39 is 16.6 Å². The lowest BCUT2D eigenvalue weighted by Crippen LogP contribution is -2.18. The standard InChI is InChI=1S/C10H7BrCl2O4/c11-5(3-8(14)15)9(16)4-1-6(12)10(17)7(13)2-4/h1-2,5,17H,3H2,(H,14,15). The monoisotopic (exact) mass is 340 g/mol. The molecule has 1 aromatic rings. The van der Waals surface area contributed by atoms with Gasteiger partial charge in [0.1, 0.15) is 0 Å². The molecule has 1 aromatic carbocycles.